The Morgan fingerprint density at radius 1 is 1.12 bits per heavy atom. The van der Waals surface area contributed by atoms with Crippen LogP contribution in [0.3, 0.4) is 0 Å². The van der Waals surface area contributed by atoms with E-state index in [2.05, 4.69) is 20.1 Å². The molecule has 42 heavy (non-hydrogen) atoms. The molecule has 1 saturated carbocycles. The van der Waals surface area contributed by atoms with Gasteiger partial charge in [-0.1, -0.05) is 19.8 Å². The minimum absolute atomic E-state index is 0.0200. The Morgan fingerprint density at radius 2 is 1.90 bits per heavy atom. The van der Waals surface area contributed by atoms with Crippen LogP contribution in [0, 0.1) is 5.41 Å². The summed E-state index contributed by atoms with van der Waals surface area (Å²) in [4.78, 5) is 42.4. The number of rotatable bonds is 9. The zero-order valence-corrected chi connectivity index (χ0v) is 24.8. The fraction of sp³-hybridized carbons (Fsp3) is 0.613. The Hall–Kier alpha value is -3.34. The lowest BCUT2D eigenvalue weighted by Crippen LogP contribution is -2.58. The predicted molar refractivity (Wildman–Crippen MR) is 157 cm³/mol. The van der Waals surface area contributed by atoms with Gasteiger partial charge in [-0.2, -0.15) is 0 Å². The van der Waals surface area contributed by atoms with E-state index in [-0.39, 0.29) is 30.8 Å². The summed E-state index contributed by atoms with van der Waals surface area (Å²) in [6.07, 6.45) is 2.32. The van der Waals surface area contributed by atoms with Crippen molar-refractivity contribution in [1.82, 2.24) is 25.1 Å². The molecule has 4 heterocycles. The summed E-state index contributed by atoms with van der Waals surface area (Å²) in [5.41, 5.74) is 0.674. The van der Waals surface area contributed by atoms with Crippen LogP contribution in [0.2, 0.25) is 0 Å². The van der Waals surface area contributed by atoms with Crippen LogP contribution < -0.4 is 15.0 Å². The molecule has 3 aliphatic rings. The van der Waals surface area contributed by atoms with Gasteiger partial charge in [-0.25, -0.2) is 18.7 Å². The maximum atomic E-state index is 14.2. The molecule has 11 heteroatoms. The molecule has 228 valence electrons. The van der Waals surface area contributed by atoms with Crippen LogP contribution in [0.25, 0.3) is 11.3 Å². The minimum Gasteiger partial charge on any atom is -0.477 e. The van der Waals surface area contributed by atoms with Crippen molar-refractivity contribution >= 4 is 17.5 Å². The molecule has 2 saturated heterocycles. The maximum Gasteiger partial charge on any atom is 0.272 e. The first kappa shape index (κ1) is 30.1. The average molecular weight is 585 g/mol. The van der Waals surface area contributed by atoms with Crippen molar-refractivity contribution < 1.29 is 23.1 Å². The zero-order valence-electron chi connectivity index (χ0n) is 24.8. The van der Waals surface area contributed by atoms with E-state index in [0.29, 0.717) is 74.0 Å². The molecule has 1 N–H and O–H groups in total. The van der Waals surface area contributed by atoms with Gasteiger partial charge in [0.25, 0.3) is 12.3 Å². The zero-order chi connectivity index (χ0) is 29.9. The molecule has 3 fully saturated rings. The first-order chi connectivity index (χ1) is 20.3. The van der Waals surface area contributed by atoms with Crippen molar-refractivity contribution in [3.8, 4) is 17.1 Å². The second-order valence-electron chi connectivity index (χ2n) is 11.7. The highest BCUT2D eigenvalue weighted by atomic mass is 19.3. The number of halogens is 2. The van der Waals surface area contributed by atoms with Crippen molar-refractivity contribution in [3.05, 3.63) is 36.2 Å². The first-order valence-corrected chi connectivity index (χ1v) is 15.2. The number of hydrogen-bond acceptors (Lipinski definition) is 7. The molecule has 0 radical (unpaired) electrons. The molecule has 2 atom stereocenters. The Labute approximate surface area is 246 Å². The summed E-state index contributed by atoms with van der Waals surface area (Å²) in [7, 11) is 2.03. The summed E-state index contributed by atoms with van der Waals surface area (Å²) < 4.78 is 34.1. The van der Waals surface area contributed by atoms with Crippen LogP contribution in [0.1, 0.15) is 62.9 Å². The smallest absolute Gasteiger partial charge is 0.272 e. The van der Waals surface area contributed by atoms with E-state index < -0.39 is 17.7 Å². The summed E-state index contributed by atoms with van der Waals surface area (Å²) in [6.45, 7) is 7.09. The lowest BCUT2D eigenvalue weighted by atomic mass is 9.84. The molecule has 0 bridgehead atoms. The van der Waals surface area contributed by atoms with Crippen LogP contribution in [0.15, 0.2) is 30.5 Å². The number of carbonyl (C=O) groups is 2. The number of pyridine rings is 2. The van der Waals surface area contributed by atoms with Crippen LogP contribution in [0.4, 0.5) is 14.5 Å². The van der Waals surface area contributed by atoms with Gasteiger partial charge in [0.1, 0.15) is 5.41 Å². The standard InChI is InChI=1S/C31H42F2N6O3/c1-4-22-20-38(30(41)31(29(32)33)13-6-7-14-31)17-18-39(22)25-11-10-24(23-9-8-15-34-28(23)42-5-2)36-26(25)27(40)35-21-12-16-37(3)19-21/h8-11,15,21-22,29H,4-7,12-14,16-20H2,1-3H3,(H,35,40)/t21-,22-/m1/s1. The summed E-state index contributed by atoms with van der Waals surface area (Å²) in [5, 5.41) is 3.17. The van der Waals surface area contributed by atoms with Gasteiger partial charge in [0, 0.05) is 44.5 Å². The largest absolute Gasteiger partial charge is 0.477 e. The molecule has 1 aliphatic carbocycles. The number of hydrogen-bond donors (Lipinski definition) is 1. The molecule has 0 aromatic carbocycles. The molecule has 2 aromatic rings. The third-order valence-corrected chi connectivity index (χ3v) is 9.03. The molecular weight excluding hydrogens is 542 g/mol. The van der Waals surface area contributed by atoms with Crippen LogP contribution in [0.5, 0.6) is 5.88 Å². The van der Waals surface area contributed by atoms with Gasteiger partial charge < -0.3 is 24.8 Å². The lowest BCUT2D eigenvalue weighted by molar-refractivity contribution is -0.152. The third-order valence-electron chi connectivity index (χ3n) is 9.03. The van der Waals surface area contributed by atoms with E-state index in [1.807, 2.05) is 39.1 Å². The number of carbonyl (C=O) groups excluding carboxylic acids is 2. The van der Waals surface area contributed by atoms with E-state index in [1.54, 1.807) is 17.2 Å². The second kappa shape index (κ2) is 12.9. The Bertz CT molecular complexity index is 1270. The Morgan fingerprint density at radius 3 is 2.57 bits per heavy atom. The lowest BCUT2D eigenvalue weighted by Gasteiger charge is -2.45. The number of piperazine rings is 1. The highest BCUT2D eigenvalue weighted by molar-refractivity contribution is 5.99. The molecule has 2 amide bonds. The molecule has 5 rings (SSSR count). The number of anilines is 1. The van der Waals surface area contributed by atoms with Crippen LogP contribution >= 0.6 is 0 Å². The van der Waals surface area contributed by atoms with Gasteiger partial charge in [0.15, 0.2) is 5.69 Å². The number of amides is 2. The van der Waals surface area contributed by atoms with Crippen LogP contribution in [-0.2, 0) is 4.79 Å². The van der Waals surface area contributed by atoms with E-state index in [0.717, 1.165) is 19.5 Å². The number of alkyl halides is 2. The highest BCUT2D eigenvalue weighted by Crippen LogP contribution is 2.45. The number of aromatic nitrogens is 2. The molecule has 2 aliphatic heterocycles. The van der Waals surface area contributed by atoms with Gasteiger partial charge in [-0.3, -0.25) is 9.59 Å². The highest BCUT2D eigenvalue weighted by Gasteiger charge is 2.51. The van der Waals surface area contributed by atoms with Gasteiger partial charge in [-0.05, 0) is 70.5 Å². The summed E-state index contributed by atoms with van der Waals surface area (Å²) in [6, 6.07) is 7.32. The fourth-order valence-corrected chi connectivity index (χ4v) is 6.70. The van der Waals surface area contributed by atoms with Crippen molar-refractivity contribution in [2.45, 2.75) is 70.9 Å². The average Bonchev–Trinajstić information content (AvgIpc) is 3.66. The number of likely N-dealkylation sites (tertiary alicyclic amines) is 1. The monoisotopic (exact) mass is 584 g/mol. The third kappa shape index (κ3) is 5.93. The number of nitrogens with zero attached hydrogens (tertiary/aromatic N) is 5. The van der Waals surface area contributed by atoms with Gasteiger partial charge >= 0.3 is 0 Å². The summed E-state index contributed by atoms with van der Waals surface area (Å²) >= 11 is 0. The van der Waals surface area contributed by atoms with Crippen molar-refractivity contribution in [3.63, 3.8) is 0 Å². The number of nitrogens with one attached hydrogen (secondary N) is 1. The first-order valence-electron chi connectivity index (χ1n) is 15.2. The van der Waals surface area contributed by atoms with Gasteiger partial charge in [-0.15, -0.1) is 0 Å². The van der Waals surface area contributed by atoms with Gasteiger partial charge in [0.2, 0.25) is 11.8 Å². The summed E-state index contributed by atoms with van der Waals surface area (Å²) in [5.74, 6) is -0.239. The van der Waals surface area contributed by atoms with E-state index in [1.165, 1.54) is 0 Å². The fourth-order valence-electron chi connectivity index (χ4n) is 6.70. The normalized spacial score (nSPS) is 22.5. The Balaban J connectivity index is 1.46. The predicted octanol–water partition coefficient (Wildman–Crippen LogP) is 4.23. The van der Waals surface area contributed by atoms with E-state index >= 15 is 0 Å². The van der Waals surface area contributed by atoms with Crippen molar-refractivity contribution in [2.24, 2.45) is 5.41 Å². The van der Waals surface area contributed by atoms with E-state index in [4.69, 9.17) is 9.72 Å². The quantitative estimate of drug-likeness (QED) is 0.472. The second-order valence-corrected chi connectivity index (χ2v) is 11.7. The molecule has 0 unspecified atom stereocenters. The molecular formula is C31H42F2N6O3. The maximum absolute atomic E-state index is 14.2. The number of likely N-dealkylation sites (N-methyl/N-ethyl adjacent to an activating group) is 1. The molecule has 0 spiro atoms. The van der Waals surface area contributed by atoms with E-state index in [9.17, 15) is 18.4 Å². The SMILES string of the molecule is CCOc1ncccc1-c1ccc(N2CCN(C(=O)C3(C(F)F)CCCC3)C[C@H]2CC)c(C(=O)N[C@@H]2CCN(C)C2)n1. The minimum atomic E-state index is -2.67. The van der Waals surface area contributed by atoms with Crippen molar-refractivity contribution in [2.75, 3.05) is 51.3 Å². The number of ether oxygens (including phenoxy) is 1. The van der Waals surface area contributed by atoms with Gasteiger partial charge in [0.05, 0.1) is 23.6 Å². The molecule has 2 aromatic heterocycles. The Kier molecular flexibility index (Phi) is 9.25. The topological polar surface area (TPSA) is 90.9 Å². The van der Waals surface area contributed by atoms with Crippen molar-refractivity contribution in [1.29, 1.82) is 0 Å². The van der Waals surface area contributed by atoms with Crippen LogP contribution in [-0.4, -0.2) is 96.5 Å². The molecule has 9 nitrogen and oxygen atoms in total.